The third-order valence-corrected chi connectivity index (χ3v) is 3.56. The first-order valence-electron chi connectivity index (χ1n) is 9.90. The highest BCUT2D eigenvalue weighted by Crippen LogP contribution is 2.03. The van der Waals surface area contributed by atoms with Gasteiger partial charge in [-0.3, -0.25) is 4.79 Å². The first-order chi connectivity index (χ1) is 12.8. The number of esters is 2. The van der Waals surface area contributed by atoms with Crippen molar-refractivity contribution in [3.8, 4) is 0 Å². The molecule has 0 saturated heterocycles. The Hall–Kier alpha value is -2.10. The van der Waals surface area contributed by atoms with Crippen molar-refractivity contribution in [2.75, 3.05) is 13.2 Å². The summed E-state index contributed by atoms with van der Waals surface area (Å²) in [5, 5.41) is 0. The molecule has 0 radical (unpaired) electrons. The third kappa shape index (κ3) is 17.1. The van der Waals surface area contributed by atoms with Gasteiger partial charge in [0.2, 0.25) is 0 Å². The van der Waals surface area contributed by atoms with Gasteiger partial charge in [0.05, 0.1) is 13.2 Å². The van der Waals surface area contributed by atoms with Gasteiger partial charge in [0.15, 0.2) is 0 Å². The smallest absolute Gasteiger partial charge is 0.330 e. The van der Waals surface area contributed by atoms with Crippen molar-refractivity contribution < 1.29 is 19.1 Å². The quantitative estimate of drug-likeness (QED) is 0.390. The minimum Gasteiger partial charge on any atom is -0.466 e. The highest BCUT2D eigenvalue weighted by atomic mass is 16.5. The molecule has 0 amide bonds. The van der Waals surface area contributed by atoms with E-state index in [9.17, 15) is 9.59 Å². The minimum atomic E-state index is -0.274. The average Bonchev–Trinajstić information content (AvgIpc) is 2.61. The van der Waals surface area contributed by atoms with E-state index in [1.807, 2.05) is 37.3 Å². The van der Waals surface area contributed by atoms with E-state index in [0.717, 1.165) is 24.8 Å². The summed E-state index contributed by atoms with van der Waals surface area (Å²) >= 11 is 0. The molecule has 0 N–H and O–H groups in total. The van der Waals surface area contributed by atoms with Gasteiger partial charge in [-0.15, -0.1) is 0 Å². The molecule has 0 atom stereocenters. The Morgan fingerprint density at radius 3 is 2.00 bits per heavy atom. The molecule has 27 heavy (non-hydrogen) atoms. The molecule has 0 saturated carbocycles. The van der Waals surface area contributed by atoms with E-state index < -0.39 is 0 Å². The lowest BCUT2D eigenvalue weighted by atomic mass is 10.1. The molecule has 0 aliphatic rings. The van der Waals surface area contributed by atoms with Gasteiger partial charge in [0.1, 0.15) is 0 Å². The summed E-state index contributed by atoms with van der Waals surface area (Å²) in [6.07, 6.45) is 6.53. The molecule has 0 fully saturated rings. The van der Waals surface area contributed by atoms with E-state index in [1.54, 1.807) is 6.08 Å². The zero-order valence-electron chi connectivity index (χ0n) is 17.6. The zero-order chi connectivity index (χ0) is 20.5. The Balaban J connectivity index is 0.000000541. The van der Waals surface area contributed by atoms with Crippen LogP contribution in [0.25, 0.3) is 6.08 Å². The number of rotatable bonds is 10. The normalized spacial score (nSPS) is 10.6. The molecule has 0 heterocycles. The Kier molecular flexibility index (Phi) is 14.8. The van der Waals surface area contributed by atoms with Gasteiger partial charge in [0, 0.05) is 12.5 Å². The molecule has 0 aliphatic carbocycles. The fourth-order valence-electron chi connectivity index (χ4n) is 1.86. The van der Waals surface area contributed by atoms with Gasteiger partial charge in [0.25, 0.3) is 0 Å². The molecule has 152 valence electrons. The Morgan fingerprint density at radius 2 is 1.48 bits per heavy atom. The summed E-state index contributed by atoms with van der Waals surface area (Å²) in [5.74, 6) is 0.841. The predicted molar refractivity (Wildman–Crippen MR) is 111 cm³/mol. The summed E-state index contributed by atoms with van der Waals surface area (Å²) in [6, 6.07) is 9.70. The molecular formula is C23H36O4. The van der Waals surface area contributed by atoms with Gasteiger partial charge in [-0.25, -0.2) is 4.79 Å². The number of ether oxygens (including phenoxy) is 2. The van der Waals surface area contributed by atoms with Crippen molar-refractivity contribution >= 4 is 18.0 Å². The molecule has 0 aromatic heterocycles. The molecule has 1 rings (SSSR count). The van der Waals surface area contributed by atoms with Crippen LogP contribution in [0.1, 0.15) is 65.9 Å². The number of carbonyl (C=O) groups is 2. The zero-order valence-corrected chi connectivity index (χ0v) is 17.6. The lowest BCUT2D eigenvalue weighted by Gasteiger charge is -2.05. The molecule has 0 unspecified atom stereocenters. The summed E-state index contributed by atoms with van der Waals surface area (Å²) < 4.78 is 10.0. The summed E-state index contributed by atoms with van der Waals surface area (Å²) in [6.45, 7) is 11.5. The first kappa shape index (κ1) is 24.9. The highest BCUT2D eigenvalue weighted by Gasteiger charge is 2.01. The van der Waals surface area contributed by atoms with Crippen LogP contribution in [0.15, 0.2) is 36.4 Å². The van der Waals surface area contributed by atoms with Crippen molar-refractivity contribution in [1.29, 1.82) is 0 Å². The molecule has 0 aliphatic heterocycles. The SMILES string of the molecule is CC(C)CCOC(=O)/C=C/c1ccccc1.CCCC(=O)OCCC(C)C. The Labute approximate surface area is 165 Å². The highest BCUT2D eigenvalue weighted by molar-refractivity contribution is 5.86. The minimum absolute atomic E-state index is 0.0619. The summed E-state index contributed by atoms with van der Waals surface area (Å²) in [4.78, 5) is 22.1. The van der Waals surface area contributed by atoms with Crippen LogP contribution >= 0.6 is 0 Å². The van der Waals surface area contributed by atoms with Crippen LogP contribution in [-0.2, 0) is 19.1 Å². The summed E-state index contributed by atoms with van der Waals surface area (Å²) in [7, 11) is 0. The van der Waals surface area contributed by atoms with E-state index in [4.69, 9.17) is 9.47 Å². The number of hydrogen-bond acceptors (Lipinski definition) is 4. The molecule has 1 aromatic rings. The molecule has 4 nitrogen and oxygen atoms in total. The average molecular weight is 377 g/mol. The maximum atomic E-state index is 11.3. The largest absolute Gasteiger partial charge is 0.466 e. The fraction of sp³-hybridized carbons (Fsp3) is 0.565. The van der Waals surface area contributed by atoms with Crippen LogP contribution in [0.5, 0.6) is 0 Å². The van der Waals surface area contributed by atoms with Crippen LogP contribution in [-0.4, -0.2) is 25.2 Å². The van der Waals surface area contributed by atoms with Gasteiger partial charge in [-0.2, -0.15) is 0 Å². The van der Waals surface area contributed by atoms with Crippen LogP contribution < -0.4 is 0 Å². The van der Waals surface area contributed by atoms with Crippen molar-refractivity contribution in [3.63, 3.8) is 0 Å². The third-order valence-electron chi connectivity index (χ3n) is 3.56. The van der Waals surface area contributed by atoms with Gasteiger partial charge in [-0.05, 0) is 42.7 Å². The Morgan fingerprint density at radius 1 is 0.926 bits per heavy atom. The monoisotopic (exact) mass is 376 g/mol. The second kappa shape index (κ2) is 16.1. The van der Waals surface area contributed by atoms with Crippen molar-refractivity contribution in [2.45, 2.75) is 60.3 Å². The maximum Gasteiger partial charge on any atom is 0.330 e. The van der Waals surface area contributed by atoms with Crippen LogP contribution in [0, 0.1) is 11.8 Å². The molecule has 0 bridgehead atoms. The second-order valence-electron chi connectivity index (χ2n) is 7.25. The molecule has 0 spiro atoms. The fourth-order valence-corrected chi connectivity index (χ4v) is 1.86. The van der Waals surface area contributed by atoms with E-state index in [0.29, 0.717) is 31.5 Å². The molecular weight excluding hydrogens is 340 g/mol. The number of carbonyl (C=O) groups excluding carboxylic acids is 2. The van der Waals surface area contributed by atoms with E-state index in [2.05, 4.69) is 27.7 Å². The lowest BCUT2D eigenvalue weighted by molar-refractivity contribution is -0.144. The van der Waals surface area contributed by atoms with Crippen molar-refractivity contribution in [1.82, 2.24) is 0 Å². The van der Waals surface area contributed by atoms with Crippen LogP contribution in [0.2, 0.25) is 0 Å². The maximum absolute atomic E-state index is 11.3. The van der Waals surface area contributed by atoms with Gasteiger partial charge >= 0.3 is 11.9 Å². The topological polar surface area (TPSA) is 52.6 Å². The van der Waals surface area contributed by atoms with E-state index in [1.165, 1.54) is 6.08 Å². The van der Waals surface area contributed by atoms with Crippen molar-refractivity contribution in [2.24, 2.45) is 11.8 Å². The van der Waals surface area contributed by atoms with E-state index >= 15 is 0 Å². The van der Waals surface area contributed by atoms with Crippen LogP contribution in [0.4, 0.5) is 0 Å². The number of benzene rings is 1. The Bertz CT molecular complexity index is 533. The van der Waals surface area contributed by atoms with E-state index in [-0.39, 0.29) is 11.9 Å². The number of hydrogen-bond donors (Lipinski definition) is 0. The lowest BCUT2D eigenvalue weighted by Crippen LogP contribution is -2.06. The van der Waals surface area contributed by atoms with Crippen LogP contribution in [0.3, 0.4) is 0 Å². The molecule has 1 aromatic carbocycles. The van der Waals surface area contributed by atoms with Gasteiger partial charge < -0.3 is 9.47 Å². The molecule has 4 heteroatoms. The predicted octanol–water partition coefficient (Wildman–Crippen LogP) is 5.66. The summed E-state index contributed by atoms with van der Waals surface area (Å²) in [5.41, 5.74) is 1.00. The van der Waals surface area contributed by atoms with Gasteiger partial charge in [-0.1, -0.05) is 65.0 Å². The standard InChI is InChI=1S/C14H18O2.C9H18O2/c1-12(2)10-11-16-14(15)9-8-13-6-4-3-5-7-13;1-4-5-9(10)11-7-6-8(2)3/h3-9,12H,10-11H2,1-2H3;8H,4-7H2,1-3H3/b9-8+;. The first-order valence-corrected chi connectivity index (χ1v) is 9.90. The van der Waals surface area contributed by atoms with Crippen molar-refractivity contribution in [3.05, 3.63) is 42.0 Å². The second-order valence-corrected chi connectivity index (χ2v) is 7.25.